The predicted octanol–water partition coefficient (Wildman–Crippen LogP) is 3.78. The Labute approximate surface area is 145 Å². The average Bonchev–Trinajstić information content (AvgIpc) is 3.17. The van der Waals surface area contributed by atoms with Crippen LogP contribution in [0.1, 0.15) is 42.9 Å². The van der Waals surface area contributed by atoms with E-state index in [9.17, 15) is 4.79 Å². The minimum absolute atomic E-state index is 0.0870. The summed E-state index contributed by atoms with van der Waals surface area (Å²) in [6.45, 7) is 0. The maximum atomic E-state index is 12.3. The van der Waals surface area contributed by atoms with E-state index in [1.165, 1.54) is 5.56 Å². The molecule has 2 aromatic heterocycles. The highest BCUT2D eigenvalue weighted by Crippen LogP contribution is 2.32. The minimum Gasteiger partial charge on any atom is -0.353 e. The molecule has 1 aliphatic carbocycles. The van der Waals surface area contributed by atoms with Gasteiger partial charge in [0, 0.05) is 23.8 Å². The Kier molecular flexibility index (Phi) is 4.34. The fourth-order valence-electron chi connectivity index (χ4n) is 3.60. The molecule has 1 aliphatic rings. The Hall–Kier alpha value is -2.14. The van der Waals surface area contributed by atoms with Crippen molar-refractivity contribution in [3.63, 3.8) is 0 Å². The van der Waals surface area contributed by atoms with E-state index in [4.69, 9.17) is 0 Å². The highest BCUT2D eigenvalue weighted by molar-refractivity contribution is 7.15. The number of fused-ring (bicyclic) bond motifs is 1. The number of amides is 1. The standard InChI is InChI=1S/C19H21N3OS/c23-18(12-17-13-22-10-11-24-19(22)21-17)20-16-8-6-15(7-9-16)14-4-2-1-3-5-14/h1-5,10-11,13,15-16H,6-9,12H2,(H,20,23). The van der Waals surface area contributed by atoms with E-state index in [2.05, 4.69) is 40.6 Å². The van der Waals surface area contributed by atoms with Crippen molar-refractivity contribution in [2.24, 2.45) is 0 Å². The van der Waals surface area contributed by atoms with Gasteiger partial charge < -0.3 is 5.32 Å². The van der Waals surface area contributed by atoms with Gasteiger partial charge in [-0.1, -0.05) is 30.3 Å². The van der Waals surface area contributed by atoms with Crippen LogP contribution in [0.4, 0.5) is 0 Å². The molecule has 3 aromatic rings. The summed E-state index contributed by atoms with van der Waals surface area (Å²) in [6.07, 6.45) is 8.70. The number of rotatable bonds is 4. The van der Waals surface area contributed by atoms with Crippen LogP contribution in [0.25, 0.3) is 4.96 Å². The number of nitrogens with one attached hydrogen (secondary N) is 1. The predicted molar refractivity (Wildman–Crippen MR) is 96.4 cm³/mol. The smallest absolute Gasteiger partial charge is 0.226 e. The van der Waals surface area contributed by atoms with Crippen molar-refractivity contribution < 1.29 is 4.79 Å². The van der Waals surface area contributed by atoms with Gasteiger partial charge in [-0.25, -0.2) is 4.98 Å². The number of hydrogen-bond acceptors (Lipinski definition) is 3. The summed E-state index contributed by atoms with van der Waals surface area (Å²) in [6, 6.07) is 11.0. The Morgan fingerprint density at radius 2 is 2.00 bits per heavy atom. The zero-order valence-corrected chi connectivity index (χ0v) is 14.3. The lowest BCUT2D eigenvalue weighted by atomic mass is 9.82. The highest BCUT2D eigenvalue weighted by atomic mass is 32.1. The first kappa shape index (κ1) is 15.4. The van der Waals surface area contributed by atoms with E-state index in [1.54, 1.807) is 11.3 Å². The SMILES string of the molecule is O=C(Cc1cn2ccsc2n1)NC1CCC(c2ccccc2)CC1. The zero-order valence-electron chi connectivity index (χ0n) is 13.5. The molecule has 0 unspecified atom stereocenters. The summed E-state index contributed by atoms with van der Waals surface area (Å²) in [7, 11) is 0. The number of hydrogen-bond donors (Lipinski definition) is 1. The van der Waals surface area contributed by atoms with Crippen molar-refractivity contribution in [3.05, 3.63) is 59.4 Å². The lowest BCUT2D eigenvalue weighted by Gasteiger charge is -2.29. The number of carbonyl (C=O) groups is 1. The summed E-state index contributed by atoms with van der Waals surface area (Å²) in [4.78, 5) is 17.7. The molecule has 0 radical (unpaired) electrons. The third-order valence-corrected chi connectivity index (χ3v) is 5.62. The second-order valence-electron chi connectivity index (χ2n) is 6.53. The fraction of sp³-hybridized carbons (Fsp3) is 0.368. The first-order chi connectivity index (χ1) is 11.8. The molecule has 0 bridgehead atoms. The third-order valence-electron chi connectivity index (χ3n) is 4.85. The summed E-state index contributed by atoms with van der Waals surface area (Å²) in [5.74, 6) is 0.725. The highest BCUT2D eigenvalue weighted by Gasteiger charge is 2.23. The summed E-state index contributed by atoms with van der Waals surface area (Å²) in [5.41, 5.74) is 2.28. The quantitative estimate of drug-likeness (QED) is 0.786. The third kappa shape index (κ3) is 3.36. The number of nitrogens with zero attached hydrogens (tertiary/aromatic N) is 2. The van der Waals surface area contributed by atoms with E-state index in [0.29, 0.717) is 18.4 Å². The fourth-order valence-corrected chi connectivity index (χ4v) is 4.32. The van der Waals surface area contributed by atoms with Gasteiger partial charge in [-0.05, 0) is 37.2 Å². The van der Waals surface area contributed by atoms with Crippen molar-refractivity contribution in [2.75, 3.05) is 0 Å². The number of imidazole rings is 1. The molecule has 2 heterocycles. The number of aromatic nitrogens is 2. The van der Waals surface area contributed by atoms with Gasteiger partial charge in [-0.3, -0.25) is 9.20 Å². The molecule has 1 fully saturated rings. The van der Waals surface area contributed by atoms with Crippen LogP contribution in [0.2, 0.25) is 0 Å². The van der Waals surface area contributed by atoms with Gasteiger partial charge in [0.15, 0.2) is 4.96 Å². The van der Waals surface area contributed by atoms with E-state index < -0.39 is 0 Å². The average molecular weight is 339 g/mol. The van der Waals surface area contributed by atoms with Crippen LogP contribution < -0.4 is 5.32 Å². The van der Waals surface area contributed by atoms with Gasteiger partial charge in [0.25, 0.3) is 0 Å². The van der Waals surface area contributed by atoms with Crippen molar-refractivity contribution in [1.29, 1.82) is 0 Å². The van der Waals surface area contributed by atoms with Gasteiger partial charge in [0.1, 0.15) is 0 Å². The van der Waals surface area contributed by atoms with E-state index in [1.807, 2.05) is 22.2 Å². The molecular weight excluding hydrogens is 318 g/mol. The van der Waals surface area contributed by atoms with Crippen LogP contribution in [0.3, 0.4) is 0 Å². The molecule has 5 heteroatoms. The molecule has 0 atom stereocenters. The number of thiazole rings is 1. The Morgan fingerprint density at radius 1 is 1.21 bits per heavy atom. The first-order valence-corrected chi connectivity index (χ1v) is 9.41. The molecule has 0 spiro atoms. The minimum atomic E-state index is 0.0870. The van der Waals surface area contributed by atoms with Gasteiger partial charge in [-0.15, -0.1) is 11.3 Å². The maximum Gasteiger partial charge on any atom is 0.226 e. The van der Waals surface area contributed by atoms with E-state index >= 15 is 0 Å². The van der Waals surface area contributed by atoms with Crippen LogP contribution in [-0.4, -0.2) is 21.3 Å². The van der Waals surface area contributed by atoms with Crippen LogP contribution in [0.5, 0.6) is 0 Å². The molecular formula is C19H21N3OS. The summed E-state index contributed by atoms with van der Waals surface area (Å²) < 4.78 is 1.97. The molecule has 124 valence electrons. The second-order valence-corrected chi connectivity index (χ2v) is 7.40. The monoisotopic (exact) mass is 339 g/mol. The zero-order chi connectivity index (χ0) is 16.4. The van der Waals surface area contributed by atoms with Gasteiger partial charge >= 0.3 is 0 Å². The molecule has 1 aromatic carbocycles. The Balaban J connectivity index is 1.28. The molecule has 24 heavy (non-hydrogen) atoms. The van der Waals surface area contributed by atoms with Crippen molar-refractivity contribution in [2.45, 2.75) is 44.1 Å². The summed E-state index contributed by atoms with van der Waals surface area (Å²) in [5, 5.41) is 5.19. The van der Waals surface area contributed by atoms with Crippen molar-refractivity contribution in [1.82, 2.24) is 14.7 Å². The lowest BCUT2D eigenvalue weighted by Crippen LogP contribution is -2.38. The Morgan fingerprint density at radius 3 is 2.75 bits per heavy atom. The number of benzene rings is 1. The molecule has 4 nitrogen and oxygen atoms in total. The first-order valence-electron chi connectivity index (χ1n) is 8.53. The topological polar surface area (TPSA) is 46.4 Å². The molecule has 1 amide bonds. The van der Waals surface area contributed by atoms with Crippen LogP contribution in [0.15, 0.2) is 48.1 Å². The molecule has 0 saturated heterocycles. The summed E-state index contributed by atoms with van der Waals surface area (Å²) >= 11 is 1.59. The van der Waals surface area contributed by atoms with Crippen LogP contribution in [-0.2, 0) is 11.2 Å². The molecule has 1 N–H and O–H groups in total. The molecule has 1 saturated carbocycles. The van der Waals surface area contributed by atoms with Crippen LogP contribution in [0, 0.1) is 0 Å². The van der Waals surface area contributed by atoms with E-state index in [0.717, 1.165) is 36.3 Å². The lowest BCUT2D eigenvalue weighted by molar-refractivity contribution is -0.121. The largest absolute Gasteiger partial charge is 0.353 e. The van der Waals surface area contributed by atoms with Gasteiger partial charge in [0.05, 0.1) is 12.1 Å². The van der Waals surface area contributed by atoms with Crippen LogP contribution >= 0.6 is 11.3 Å². The maximum absolute atomic E-state index is 12.3. The normalized spacial score (nSPS) is 21.0. The van der Waals surface area contributed by atoms with Crippen molar-refractivity contribution >= 4 is 22.2 Å². The van der Waals surface area contributed by atoms with E-state index in [-0.39, 0.29) is 5.91 Å². The van der Waals surface area contributed by atoms with Gasteiger partial charge in [0.2, 0.25) is 5.91 Å². The molecule has 4 rings (SSSR count). The second kappa shape index (κ2) is 6.77. The number of carbonyl (C=O) groups excluding carboxylic acids is 1. The van der Waals surface area contributed by atoms with Crippen molar-refractivity contribution in [3.8, 4) is 0 Å². The van der Waals surface area contributed by atoms with Gasteiger partial charge in [-0.2, -0.15) is 0 Å². The Bertz CT molecular complexity index is 787. The molecule has 0 aliphatic heterocycles.